The van der Waals surface area contributed by atoms with Gasteiger partial charge >= 0.3 is 0 Å². The van der Waals surface area contributed by atoms with Crippen LogP contribution in [0.5, 0.6) is 0 Å². The predicted molar refractivity (Wildman–Crippen MR) is 103 cm³/mol. The molecule has 3 rings (SSSR count). The second-order valence-electron chi connectivity index (χ2n) is 6.52. The van der Waals surface area contributed by atoms with Crippen molar-refractivity contribution in [1.82, 2.24) is 20.8 Å². The molecule has 1 amide bonds. The van der Waals surface area contributed by atoms with Crippen LogP contribution in [0.3, 0.4) is 0 Å². The highest BCUT2D eigenvalue weighted by Gasteiger charge is 2.23. The molecule has 0 bridgehead atoms. The fraction of sp³-hybridized carbons (Fsp3) is 0.286. The molecule has 0 aliphatic carbocycles. The average molecular weight is 364 g/mol. The fourth-order valence-corrected chi connectivity index (χ4v) is 2.75. The van der Waals surface area contributed by atoms with Gasteiger partial charge in [0.2, 0.25) is 5.89 Å². The summed E-state index contributed by atoms with van der Waals surface area (Å²) >= 11 is 0. The molecule has 0 spiro atoms. The zero-order valence-corrected chi connectivity index (χ0v) is 15.6. The Morgan fingerprint density at radius 2 is 1.70 bits per heavy atom. The second kappa shape index (κ2) is 9.09. The van der Waals surface area contributed by atoms with Crippen LogP contribution in [0.1, 0.15) is 40.6 Å². The van der Waals surface area contributed by atoms with Gasteiger partial charge in [-0.25, -0.2) is 0 Å². The SMILES string of the molecule is CNC(C)Cc1noc(C(Cc2ccccc2)NC(=O)c2ccccc2)n1. The van der Waals surface area contributed by atoms with E-state index in [4.69, 9.17) is 4.52 Å². The average Bonchev–Trinajstić information content (AvgIpc) is 3.17. The molecule has 0 radical (unpaired) electrons. The topological polar surface area (TPSA) is 80.0 Å². The molecular formula is C21H24N4O2. The van der Waals surface area contributed by atoms with E-state index in [1.807, 2.05) is 55.6 Å². The van der Waals surface area contributed by atoms with Gasteiger partial charge in [-0.15, -0.1) is 0 Å². The summed E-state index contributed by atoms with van der Waals surface area (Å²) in [6.45, 7) is 2.05. The summed E-state index contributed by atoms with van der Waals surface area (Å²) in [4.78, 5) is 17.1. The molecule has 6 nitrogen and oxygen atoms in total. The van der Waals surface area contributed by atoms with Crippen molar-refractivity contribution < 1.29 is 9.32 Å². The van der Waals surface area contributed by atoms with Gasteiger partial charge in [0.1, 0.15) is 6.04 Å². The number of benzene rings is 2. The lowest BCUT2D eigenvalue weighted by Gasteiger charge is -2.15. The third-order valence-corrected chi connectivity index (χ3v) is 4.39. The number of aromatic nitrogens is 2. The van der Waals surface area contributed by atoms with Gasteiger partial charge in [0, 0.05) is 24.4 Å². The molecule has 2 atom stereocenters. The van der Waals surface area contributed by atoms with E-state index in [-0.39, 0.29) is 11.9 Å². The summed E-state index contributed by atoms with van der Waals surface area (Å²) < 4.78 is 5.48. The van der Waals surface area contributed by atoms with Crippen molar-refractivity contribution in [3.05, 3.63) is 83.5 Å². The Morgan fingerprint density at radius 1 is 1.04 bits per heavy atom. The van der Waals surface area contributed by atoms with E-state index in [1.54, 1.807) is 12.1 Å². The number of rotatable bonds is 8. The number of carbonyl (C=O) groups excluding carboxylic acids is 1. The highest BCUT2D eigenvalue weighted by molar-refractivity contribution is 5.94. The van der Waals surface area contributed by atoms with E-state index in [1.165, 1.54) is 0 Å². The van der Waals surface area contributed by atoms with E-state index < -0.39 is 6.04 Å². The van der Waals surface area contributed by atoms with E-state index >= 15 is 0 Å². The molecule has 0 aliphatic heterocycles. The maximum atomic E-state index is 12.6. The van der Waals surface area contributed by atoms with Gasteiger partial charge in [-0.1, -0.05) is 53.7 Å². The van der Waals surface area contributed by atoms with Crippen molar-refractivity contribution >= 4 is 5.91 Å². The minimum absolute atomic E-state index is 0.167. The van der Waals surface area contributed by atoms with E-state index in [9.17, 15) is 4.79 Å². The van der Waals surface area contributed by atoms with Crippen LogP contribution in [-0.4, -0.2) is 29.1 Å². The summed E-state index contributed by atoms with van der Waals surface area (Å²) in [5.74, 6) is 0.875. The van der Waals surface area contributed by atoms with E-state index in [0.29, 0.717) is 30.1 Å². The van der Waals surface area contributed by atoms with Crippen molar-refractivity contribution in [2.24, 2.45) is 0 Å². The van der Waals surface area contributed by atoms with Gasteiger partial charge < -0.3 is 15.2 Å². The molecule has 1 aromatic heterocycles. The van der Waals surface area contributed by atoms with Crippen molar-refractivity contribution in [2.45, 2.75) is 31.8 Å². The zero-order chi connectivity index (χ0) is 19.1. The Bertz CT molecular complexity index is 849. The number of hydrogen-bond acceptors (Lipinski definition) is 5. The maximum Gasteiger partial charge on any atom is 0.251 e. The molecule has 3 aromatic rings. The Morgan fingerprint density at radius 3 is 2.37 bits per heavy atom. The molecular weight excluding hydrogens is 340 g/mol. The number of amides is 1. The highest BCUT2D eigenvalue weighted by atomic mass is 16.5. The molecule has 27 heavy (non-hydrogen) atoms. The van der Waals surface area contributed by atoms with Crippen molar-refractivity contribution in [2.75, 3.05) is 7.05 Å². The van der Waals surface area contributed by atoms with Crippen LogP contribution in [0.2, 0.25) is 0 Å². The van der Waals surface area contributed by atoms with Gasteiger partial charge in [0.25, 0.3) is 5.91 Å². The molecule has 140 valence electrons. The van der Waals surface area contributed by atoms with Crippen LogP contribution in [0.15, 0.2) is 65.2 Å². The van der Waals surface area contributed by atoms with Gasteiger partial charge in [0.15, 0.2) is 5.82 Å². The normalized spacial score (nSPS) is 13.1. The standard InChI is InChI=1S/C21H24N4O2/c1-15(22-2)13-19-24-21(27-25-19)18(14-16-9-5-3-6-10-16)23-20(26)17-11-7-4-8-12-17/h3-12,15,18,22H,13-14H2,1-2H3,(H,23,26). The zero-order valence-electron chi connectivity index (χ0n) is 15.6. The van der Waals surface area contributed by atoms with Crippen molar-refractivity contribution in [1.29, 1.82) is 0 Å². The summed E-state index contributed by atoms with van der Waals surface area (Å²) in [5.41, 5.74) is 1.68. The fourth-order valence-electron chi connectivity index (χ4n) is 2.75. The summed E-state index contributed by atoms with van der Waals surface area (Å²) in [7, 11) is 1.89. The minimum atomic E-state index is -0.397. The first-order chi connectivity index (χ1) is 13.2. The highest BCUT2D eigenvalue weighted by Crippen LogP contribution is 2.18. The molecule has 0 aliphatic rings. The maximum absolute atomic E-state index is 12.6. The molecule has 2 unspecified atom stereocenters. The van der Waals surface area contributed by atoms with Crippen LogP contribution in [-0.2, 0) is 12.8 Å². The molecule has 0 fully saturated rings. The van der Waals surface area contributed by atoms with Gasteiger partial charge in [-0.3, -0.25) is 4.79 Å². The number of carbonyl (C=O) groups is 1. The quantitative estimate of drug-likeness (QED) is 0.642. The Kier molecular flexibility index (Phi) is 6.33. The first-order valence-electron chi connectivity index (χ1n) is 9.05. The van der Waals surface area contributed by atoms with E-state index in [0.717, 1.165) is 5.56 Å². The Hall–Kier alpha value is -2.99. The van der Waals surface area contributed by atoms with Crippen LogP contribution in [0, 0.1) is 0 Å². The number of likely N-dealkylation sites (N-methyl/N-ethyl adjacent to an activating group) is 1. The largest absolute Gasteiger partial charge is 0.340 e. The van der Waals surface area contributed by atoms with Gasteiger partial charge in [0.05, 0.1) is 0 Å². The summed E-state index contributed by atoms with van der Waals surface area (Å²) in [6, 6.07) is 18.9. The predicted octanol–water partition coefficient (Wildman–Crippen LogP) is 2.93. The first kappa shape index (κ1) is 18.8. The van der Waals surface area contributed by atoms with Crippen LogP contribution in [0.25, 0.3) is 0 Å². The van der Waals surface area contributed by atoms with Crippen LogP contribution < -0.4 is 10.6 Å². The lowest BCUT2D eigenvalue weighted by molar-refractivity contribution is 0.0928. The molecule has 0 saturated heterocycles. The smallest absolute Gasteiger partial charge is 0.251 e. The molecule has 2 aromatic carbocycles. The number of nitrogens with zero attached hydrogens (tertiary/aromatic N) is 2. The van der Waals surface area contributed by atoms with Gasteiger partial charge in [-0.2, -0.15) is 4.98 Å². The first-order valence-corrected chi connectivity index (χ1v) is 9.05. The van der Waals surface area contributed by atoms with Crippen LogP contribution >= 0.6 is 0 Å². The minimum Gasteiger partial charge on any atom is -0.340 e. The third-order valence-electron chi connectivity index (χ3n) is 4.39. The molecule has 2 N–H and O–H groups in total. The lowest BCUT2D eigenvalue weighted by Crippen LogP contribution is -2.30. The van der Waals surface area contributed by atoms with Crippen molar-refractivity contribution in [3.8, 4) is 0 Å². The second-order valence-corrected chi connectivity index (χ2v) is 6.52. The number of nitrogens with one attached hydrogen (secondary N) is 2. The van der Waals surface area contributed by atoms with Crippen LogP contribution in [0.4, 0.5) is 0 Å². The lowest BCUT2D eigenvalue weighted by atomic mass is 10.1. The summed E-state index contributed by atoms with van der Waals surface area (Å²) in [5, 5.41) is 10.3. The number of hydrogen-bond donors (Lipinski definition) is 2. The summed E-state index contributed by atoms with van der Waals surface area (Å²) in [6.07, 6.45) is 1.23. The molecule has 1 heterocycles. The van der Waals surface area contributed by atoms with Gasteiger partial charge in [-0.05, 0) is 31.7 Å². The van der Waals surface area contributed by atoms with E-state index in [2.05, 4.69) is 27.7 Å². The molecule has 0 saturated carbocycles. The molecule has 6 heteroatoms. The Balaban J connectivity index is 1.80. The third kappa shape index (κ3) is 5.24. The monoisotopic (exact) mass is 364 g/mol. The van der Waals surface area contributed by atoms with Crippen molar-refractivity contribution in [3.63, 3.8) is 0 Å². The Labute approximate surface area is 159 Å².